The molecule has 0 aliphatic carbocycles. The van der Waals surface area contributed by atoms with Crippen LogP contribution in [-0.2, 0) is 0 Å². The summed E-state index contributed by atoms with van der Waals surface area (Å²) in [6.45, 7) is 5.91. The Morgan fingerprint density at radius 2 is 1.78 bits per heavy atom. The zero-order valence-corrected chi connectivity index (χ0v) is 6.23. The van der Waals surface area contributed by atoms with E-state index >= 15 is 0 Å². The Balaban J connectivity index is 4.32. The monoisotopic (exact) mass is 123 g/mol. The van der Waals surface area contributed by atoms with Gasteiger partial charge in [-0.05, 0) is 31.9 Å². The fourth-order valence-corrected chi connectivity index (χ4v) is 0.592. The van der Waals surface area contributed by atoms with Crippen molar-refractivity contribution in [2.75, 3.05) is 0 Å². The molecule has 0 aromatic rings. The first-order valence-electron chi connectivity index (χ1n) is 3.06. The molecule has 50 valence electrons. The van der Waals surface area contributed by atoms with Crippen molar-refractivity contribution in [1.29, 1.82) is 5.41 Å². The fourth-order valence-electron chi connectivity index (χ4n) is 0.592. The molecule has 0 unspecified atom stereocenters. The maximum Gasteiger partial charge on any atom is 0.0249 e. The molecule has 0 fully saturated rings. The Bertz CT molecular complexity index is 152. The van der Waals surface area contributed by atoms with Gasteiger partial charge in [0.05, 0.1) is 0 Å². The predicted octanol–water partition coefficient (Wildman–Crippen LogP) is 2.55. The highest BCUT2D eigenvalue weighted by atomic mass is 14.3. The minimum Gasteiger partial charge on any atom is -0.308 e. The molecule has 0 saturated carbocycles. The molecular weight excluding hydrogens is 110 g/mol. The first-order chi connectivity index (χ1) is 4.26. The van der Waals surface area contributed by atoms with Crippen molar-refractivity contribution in [3.63, 3.8) is 0 Å². The van der Waals surface area contributed by atoms with Crippen LogP contribution in [0.5, 0.6) is 0 Å². The SMILES string of the molecule is CC=C(C)C(C=N)=CC. The third kappa shape index (κ3) is 2.27. The molecule has 9 heavy (non-hydrogen) atoms. The molecule has 0 aliphatic heterocycles. The van der Waals surface area contributed by atoms with Gasteiger partial charge in [-0.1, -0.05) is 12.2 Å². The summed E-state index contributed by atoms with van der Waals surface area (Å²) >= 11 is 0. The molecule has 0 bridgehead atoms. The van der Waals surface area contributed by atoms with Gasteiger partial charge in [-0.15, -0.1) is 0 Å². The van der Waals surface area contributed by atoms with Crippen LogP contribution in [-0.4, -0.2) is 6.21 Å². The molecule has 0 aliphatic rings. The predicted molar refractivity (Wildman–Crippen MR) is 42.0 cm³/mol. The fraction of sp³-hybridized carbons (Fsp3) is 0.375. The van der Waals surface area contributed by atoms with E-state index in [1.807, 2.05) is 32.9 Å². The van der Waals surface area contributed by atoms with Gasteiger partial charge in [0, 0.05) is 6.21 Å². The van der Waals surface area contributed by atoms with E-state index in [4.69, 9.17) is 5.41 Å². The lowest BCUT2D eigenvalue weighted by atomic mass is 10.1. The first-order valence-corrected chi connectivity index (χ1v) is 3.06. The highest BCUT2D eigenvalue weighted by Gasteiger charge is 1.89. The summed E-state index contributed by atoms with van der Waals surface area (Å²) in [4.78, 5) is 0. The molecule has 0 rings (SSSR count). The molecule has 0 radical (unpaired) electrons. The first kappa shape index (κ1) is 8.15. The van der Waals surface area contributed by atoms with Crippen LogP contribution in [0.4, 0.5) is 0 Å². The molecule has 1 N–H and O–H groups in total. The normalized spacial score (nSPS) is 13.7. The lowest BCUT2D eigenvalue weighted by Crippen LogP contribution is -1.83. The van der Waals surface area contributed by atoms with Crippen molar-refractivity contribution in [1.82, 2.24) is 0 Å². The van der Waals surface area contributed by atoms with Crippen molar-refractivity contribution in [2.24, 2.45) is 0 Å². The van der Waals surface area contributed by atoms with Crippen LogP contribution in [0.3, 0.4) is 0 Å². The standard InChI is InChI=1S/C8H13N/c1-4-7(3)8(5-2)6-9/h4-6,9H,1-3H3. The molecule has 0 spiro atoms. The molecule has 1 nitrogen and oxygen atoms in total. The van der Waals surface area contributed by atoms with Crippen molar-refractivity contribution in [2.45, 2.75) is 20.8 Å². The Hall–Kier alpha value is -0.850. The van der Waals surface area contributed by atoms with Crippen molar-refractivity contribution in [3.8, 4) is 0 Å². The van der Waals surface area contributed by atoms with Crippen molar-refractivity contribution in [3.05, 3.63) is 23.3 Å². The molecule has 0 amide bonds. The third-order valence-electron chi connectivity index (χ3n) is 1.35. The second kappa shape index (κ2) is 4.07. The van der Waals surface area contributed by atoms with Gasteiger partial charge in [-0.2, -0.15) is 0 Å². The van der Waals surface area contributed by atoms with E-state index in [9.17, 15) is 0 Å². The quantitative estimate of drug-likeness (QED) is 0.431. The molecule has 0 heterocycles. The molecule has 1 heteroatoms. The number of rotatable bonds is 2. The second-order valence-electron chi connectivity index (χ2n) is 1.86. The van der Waals surface area contributed by atoms with Crippen LogP contribution in [0.25, 0.3) is 0 Å². The molecular formula is C8H13N. The Labute approximate surface area is 56.6 Å². The average molecular weight is 123 g/mol. The number of hydrogen-bond acceptors (Lipinski definition) is 1. The number of allylic oxidation sites excluding steroid dienone is 4. The van der Waals surface area contributed by atoms with Crippen molar-refractivity contribution < 1.29 is 0 Å². The Morgan fingerprint density at radius 3 is 1.89 bits per heavy atom. The summed E-state index contributed by atoms with van der Waals surface area (Å²) in [6, 6.07) is 0. The van der Waals surface area contributed by atoms with Crippen molar-refractivity contribution >= 4 is 6.21 Å². The van der Waals surface area contributed by atoms with E-state index in [0.717, 1.165) is 11.1 Å². The molecule has 0 aromatic heterocycles. The van der Waals surface area contributed by atoms with E-state index in [1.54, 1.807) is 0 Å². The van der Waals surface area contributed by atoms with E-state index in [-0.39, 0.29) is 0 Å². The van der Waals surface area contributed by atoms with E-state index in [1.165, 1.54) is 6.21 Å². The maximum atomic E-state index is 6.96. The summed E-state index contributed by atoms with van der Waals surface area (Å²) in [5.41, 5.74) is 2.16. The highest BCUT2D eigenvalue weighted by Crippen LogP contribution is 2.04. The molecule has 0 aromatic carbocycles. The van der Waals surface area contributed by atoms with E-state index < -0.39 is 0 Å². The zero-order chi connectivity index (χ0) is 7.28. The number of hydrogen-bond donors (Lipinski definition) is 1. The van der Waals surface area contributed by atoms with Crippen LogP contribution in [0, 0.1) is 5.41 Å². The number of nitrogens with one attached hydrogen (secondary N) is 1. The van der Waals surface area contributed by atoms with E-state index in [2.05, 4.69) is 0 Å². The lowest BCUT2D eigenvalue weighted by Gasteiger charge is -1.96. The van der Waals surface area contributed by atoms with Crippen LogP contribution in [0.2, 0.25) is 0 Å². The second-order valence-corrected chi connectivity index (χ2v) is 1.86. The van der Waals surface area contributed by atoms with E-state index in [0.29, 0.717) is 0 Å². The van der Waals surface area contributed by atoms with Crippen LogP contribution >= 0.6 is 0 Å². The summed E-state index contributed by atoms with van der Waals surface area (Å²) in [5.74, 6) is 0. The summed E-state index contributed by atoms with van der Waals surface area (Å²) in [5, 5.41) is 6.96. The summed E-state index contributed by atoms with van der Waals surface area (Å²) in [6.07, 6.45) is 5.30. The minimum absolute atomic E-state index is 0.998. The molecule has 0 saturated heterocycles. The van der Waals surface area contributed by atoms with Crippen LogP contribution < -0.4 is 0 Å². The van der Waals surface area contributed by atoms with Gasteiger partial charge in [0.15, 0.2) is 0 Å². The van der Waals surface area contributed by atoms with Gasteiger partial charge < -0.3 is 5.41 Å². The zero-order valence-electron chi connectivity index (χ0n) is 6.23. The van der Waals surface area contributed by atoms with Crippen LogP contribution in [0.1, 0.15) is 20.8 Å². The van der Waals surface area contributed by atoms with Gasteiger partial charge in [-0.25, -0.2) is 0 Å². The average Bonchev–Trinajstić information content (AvgIpc) is 1.90. The highest BCUT2D eigenvalue weighted by molar-refractivity contribution is 5.81. The maximum absolute atomic E-state index is 6.96. The lowest BCUT2D eigenvalue weighted by molar-refractivity contribution is 1.40. The third-order valence-corrected chi connectivity index (χ3v) is 1.35. The van der Waals surface area contributed by atoms with Gasteiger partial charge in [0.2, 0.25) is 0 Å². The van der Waals surface area contributed by atoms with Crippen LogP contribution in [0.15, 0.2) is 23.3 Å². The van der Waals surface area contributed by atoms with Gasteiger partial charge in [0.1, 0.15) is 0 Å². The summed E-state index contributed by atoms with van der Waals surface area (Å²) in [7, 11) is 0. The van der Waals surface area contributed by atoms with Gasteiger partial charge >= 0.3 is 0 Å². The largest absolute Gasteiger partial charge is 0.308 e. The van der Waals surface area contributed by atoms with Gasteiger partial charge in [-0.3, -0.25) is 0 Å². The Kier molecular flexibility index (Phi) is 3.69. The summed E-state index contributed by atoms with van der Waals surface area (Å²) < 4.78 is 0. The minimum atomic E-state index is 0.998. The van der Waals surface area contributed by atoms with Gasteiger partial charge in [0.25, 0.3) is 0 Å². The molecule has 0 atom stereocenters. The smallest absolute Gasteiger partial charge is 0.0249 e. The topological polar surface area (TPSA) is 23.9 Å². The Morgan fingerprint density at radius 1 is 1.22 bits per heavy atom.